The molecule has 0 amide bonds. The first-order chi connectivity index (χ1) is 3.39. The van der Waals surface area contributed by atoms with E-state index >= 15 is 0 Å². The Morgan fingerprint density at radius 3 is 2.86 bits per heavy atom. The van der Waals surface area contributed by atoms with Crippen LogP contribution in [-0.4, -0.2) is 19.8 Å². The fourth-order valence-corrected chi connectivity index (χ4v) is 0.337. The quantitative estimate of drug-likeness (QED) is 0.303. The molecule has 1 radical (unpaired) electrons. The Labute approximate surface area is 41.8 Å². The first-order valence-electron chi connectivity index (χ1n) is 2.04. The van der Waals surface area contributed by atoms with Crippen LogP contribution in [0.4, 0.5) is 0 Å². The van der Waals surface area contributed by atoms with Gasteiger partial charge in [0.15, 0.2) is 0 Å². The summed E-state index contributed by atoms with van der Waals surface area (Å²) in [6.45, 7) is 0.384. The summed E-state index contributed by atoms with van der Waals surface area (Å²) in [6.07, 6.45) is 0.444. The molecule has 1 heterocycles. The third kappa shape index (κ3) is 1.29. The summed E-state index contributed by atoms with van der Waals surface area (Å²) in [5.74, 6) is 0. The van der Waals surface area contributed by atoms with Crippen LogP contribution in [0.15, 0.2) is 0 Å². The molecule has 0 bridgehead atoms. The predicted octanol–water partition coefficient (Wildman–Crippen LogP) is -0.516. The monoisotopic (exact) mass is 99.0 g/mol. The summed E-state index contributed by atoms with van der Waals surface area (Å²) < 4.78 is 0. The largest absolute Gasteiger partial charge is 0.425 e. The van der Waals surface area contributed by atoms with E-state index in [4.69, 9.17) is 0 Å². The van der Waals surface area contributed by atoms with Gasteiger partial charge in [0.2, 0.25) is 0 Å². The van der Waals surface area contributed by atoms with Gasteiger partial charge in [0.25, 0.3) is 0 Å². The van der Waals surface area contributed by atoms with Crippen molar-refractivity contribution in [3.63, 3.8) is 0 Å². The summed E-state index contributed by atoms with van der Waals surface area (Å²) in [7, 11) is 1.07. The fraction of sp³-hybridized carbons (Fsp3) is 0.667. The van der Waals surface area contributed by atoms with E-state index in [0.717, 1.165) is 7.48 Å². The summed E-state index contributed by atoms with van der Waals surface area (Å²) in [5.41, 5.74) is -0.00810. The Kier molecular flexibility index (Phi) is 1.44. The molecule has 3 nitrogen and oxygen atoms in total. The van der Waals surface area contributed by atoms with Crippen molar-refractivity contribution in [1.29, 1.82) is 0 Å². The Bertz CT molecular complexity index is 74.2. The van der Waals surface area contributed by atoms with Gasteiger partial charge in [-0.1, -0.05) is 0 Å². The lowest BCUT2D eigenvalue weighted by Gasteiger charge is -2.05. The predicted molar refractivity (Wildman–Crippen MR) is 22.4 cm³/mol. The minimum Gasteiger partial charge on any atom is -0.308 e. The van der Waals surface area contributed by atoms with Gasteiger partial charge in [-0.2, -0.15) is 0 Å². The fourth-order valence-electron chi connectivity index (χ4n) is 0.337. The highest BCUT2D eigenvalue weighted by molar-refractivity contribution is 6.69. The molecule has 0 aromatic heterocycles. The molecule has 0 aromatic rings. The number of carbonyl (C=O) groups is 1. The first-order valence-corrected chi connectivity index (χ1v) is 2.04. The molecule has 0 saturated carbocycles. The lowest BCUT2D eigenvalue weighted by Crippen LogP contribution is -2.21. The molecule has 0 spiro atoms. The van der Waals surface area contributed by atoms with Crippen molar-refractivity contribution < 1.29 is 14.5 Å². The summed E-state index contributed by atoms with van der Waals surface area (Å²) >= 11 is 0. The molecule has 1 aliphatic heterocycles. The minimum absolute atomic E-state index is 0.00810. The second kappa shape index (κ2) is 2.09. The number of carbonyl (C=O) groups excluding carboxylic acids is 1. The highest BCUT2D eigenvalue weighted by Gasteiger charge is 2.11. The van der Waals surface area contributed by atoms with Crippen molar-refractivity contribution in [2.75, 3.05) is 6.61 Å². The molecule has 1 aliphatic rings. The summed E-state index contributed by atoms with van der Waals surface area (Å²) in [5, 5.41) is 0. The highest BCUT2D eigenvalue weighted by atomic mass is 17.2. The Hall–Kier alpha value is -0.345. The number of hydrogen-bond donors (Lipinski definition) is 0. The van der Waals surface area contributed by atoms with Crippen LogP contribution in [0.2, 0.25) is 0 Å². The Morgan fingerprint density at radius 1 is 1.71 bits per heavy atom. The van der Waals surface area contributed by atoms with Gasteiger partial charge in [0, 0.05) is 6.42 Å². The van der Waals surface area contributed by atoms with Gasteiger partial charge in [0.05, 0.1) is 6.61 Å². The lowest BCUT2D eigenvalue weighted by atomic mass is 9.91. The van der Waals surface area contributed by atoms with Crippen LogP contribution in [0.1, 0.15) is 6.42 Å². The molecule has 1 fully saturated rings. The maximum absolute atomic E-state index is 10.2. The van der Waals surface area contributed by atoms with E-state index in [0.29, 0.717) is 13.0 Å². The van der Waals surface area contributed by atoms with Gasteiger partial charge in [-0.3, -0.25) is 4.89 Å². The van der Waals surface area contributed by atoms with Gasteiger partial charge < -0.3 is 9.60 Å². The average molecular weight is 98.9 g/mol. The topological polar surface area (TPSA) is 35.5 Å². The normalized spacial score (nSPS) is 21.4. The zero-order chi connectivity index (χ0) is 5.11. The van der Waals surface area contributed by atoms with Gasteiger partial charge >= 0.3 is 7.48 Å². The van der Waals surface area contributed by atoms with Crippen LogP contribution >= 0.6 is 0 Å². The van der Waals surface area contributed by atoms with Crippen molar-refractivity contribution in [3.8, 4) is 0 Å². The van der Waals surface area contributed by atoms with Crippen LogP contribution in [0.25, 0.3) is 0 Å². The molecular weight excluding hydrogens is 94.8 g/mol. The van der Waals surface area contributed by atoms with Crippen molar-refractivity contribution >= 4 is 13.2 Å². The maximum atomic E-state index is 10.2. The van der Waals surface area contributed by atoms with Crippen LogP contribution < -0.4 is 0 Å². The van der Waals surface area contributed by atoms with Gasteiger partial charge in [0.1, 0.15) is 5.68 Å². The molecule has 4 heteroatoms. The third-order valence-corrected chi connectivity index (χ3v) is 0.679. The van der Waals surface area contributed by atoms with E-state index in [-0.39, 0.29) is 5.68 Å². The second-order valence-electron chi connectivity index (χ2n) is 1.25. The Balaban J connectivity index is 2.25. The number of hydrogen-bond acceptors (Lipinski definition) is 3. The van der Waals surface area contributed by atoms with E-state index in [1.54, 1.807) is 0 Å². The molecule has 1 rings (SSSR count). The van der Waals surface area contributed by atoms with Crippen LogP contribution in [0, 0.1) is 0 Å². The van der Waals surface area contributed by atoms with E-state index < -0.39 is 0 Å². The van der Waals surface area contributed by atoms with Gasteiger partial charge in [-0.15, -0.1) is 0 Å². The van der Waals surface area contributed by atoms with Gasteiger partial charge in [-0.25, -0.2) is 0 Å². The van der Waals surface area contributed by atoms with Crippen molar-refractivity contribution in [2.45, 2.75) is 6.42 Å². The molecule has 0 aromatic carbocycles. The van der Waals surface area contributed by atoms with Crippen molar-refractivity contribution in [3.05, 3.63) is 0 Å². The van der Waals surface area contributed by atoms with Gasteiger partial charge in [-0.05, 0) is 0 Å². The minimum atomic E-state index is -0.00810. The summed E-state index contributed by atoms with van der Waals surface area (Å²) in [6, 6.07) is 0. The zero-order valence-corrected chi connectivity index (χ0v) is 3.72. The molecule has 0 unspecified atom stereocenters. The SMILES string of the molecule is O=C1[B]OOCC1. The number of rotatable bonds is 0. The highest BCUT2D eigenvalue weighted by Crippen LogP contribution is 1.91. The first kappa shape index (κ1) is 4.81. The van der Waals surface area contributed by atoms with E-state index in [9.17, 15) is 4.79 Å². The van der Waals surface area contributed by atoms with Crippen molar-refractivity contribution in [1.82, 2.24) is 0 Å². The standard InChI is InChI=1S/C3H4BO3/c5-3-1-2-6-7-4-3/h1-2H2. The van der Waals surface area contributed by atoms with Crippen LogP contribution in [0.3, 0.4) is 0 Å². The lowest BCUT2D eigenvalue weighted by molar-refractivity contribution is -0.216. The van der Waals surface area contributed by atoms with Crippen LogP contribution in [-0.2, 0) is 14.5 Å². The molecular formula is C3H4BO3. The summed E-state index contributed by atoms with van der Waals surface area (Å²) in [4.78, 5) is 18.8. The Morgan fingerprint density at radius 2 is 2.57 bits per heavy atom. The molecule has 1 saturated heterocycles. The van der Waals surface area contributed by atoms with E-state index in [1.165, 1.54) is 0 Å². The smallest absolute Gasteiger partial charge is 0.308 e. The maximum Gasteiger partial charge on any atom is 0.425 e. The molecule has 0 N–H and O–H groups in total. The van der Waals surface area contributed by atoms with Crippen LogP contribution in [0.5, 0.6) is 0 Å². The molecule has 0 aliphatic carbocycles. The zero-order valence-electron chi connectivity index (χ0n) is 3.72. The molecule has 7 heavy (non-hydrogen) atoms. The van der Waals surface area contributed by atoms with Crippen molar-refractivity contribution in [2.24, 2.45) is 0 Å². The van der Waals surface area contributed by atoms with E-state index in [1.807, 2.05) is 0 Å². The average Bonchev–Trinajstić information content (AvgIpc) is 1.69. The second-order valence-corrected chi connectivity index (χ2v) is 1.25. The molecule has 37 valence electrons. The third-order valence-electron chi connectivity index (χ3n) is 0.679. The van der Waals surface area contributed by atoms with E-state index in [2.05, 4.69) is 9.69 Å². The molecule has 0 atom stereocenters.